The van der Waals surface area contributed by atoms with E-state index in [4.69, 9.17) is 30.0 Å². The van der Waals surface area contributed by atoms with Gasteiger partial charge in [0.1, 0.15) is 48.5 Å². The molecule has 2 unspecified atom stereocenters. The van der Waals surface area contributed by atoms with Gasteiger partial charge in [-0.25, -0.2) is 28.6 Å². The van der Waals surface area contributed by atoms with Gasteiger partial charge in [0.2, 0.25) is 5.91 Å². The molecule has 1 amide bonds. The number of primary amides is 1. The number of ether oxygens (including phenoxy) is 2. The van der Waals surface area contributed by atoms with Gasteiger partial charge < -0.3 is 85.5 Å². The summed E-state index contributed by atoms with van der Waals surface area (Å²) in [6.45, 7) is -2.02. The van der Waals surface area contributed by atoms with Crippen LogP contribution in [0.15, 0.2) is 36.7 Å². The smallest absolute Gasteiger partial charge is 1.00 e. The summed E-state index contributed by atoms with van der Waals surface area (Å²) >= 11 is 0. The van der Waals surface area contributed by atoms with Crippen LogP contribution in [0.4, 0.5) is 5.82 Å². The van der Waals surface area contributed by atoms with Crippen molar-refractivity contribution in [2.24, 2.45) is 5.73 Å². The van der Waals surface area contributed by atoms with Crippen LogP contribution >= 0.6 is 23.5 Å². The van der Waals surface area contributed by atoms with Gasteiger partial charge in [-0.2, -0.15) is 4.31 Å². The fourth-order valence-electron chi connectivity index (χ4n) is 4.93. The molecule has 10 atom stereocenters. The summed E-state index contributed by atoms with van der Waals surface area (Å²) in [4.78, 5) is 63.4. The Labute approximate surface area is 315 Å². The monoisotopic (exact) mass is 839 g/mol. The molecule has 5 heterocycles. The largest absolute Gasteiger partial charge is 2.00 e. The second-order valence-corrected chi connectivity index (χ2v) is 14.6. The van der Waals surface area contributed by atoms with Gasteiger partial charge in [0.15, 0.2) is 23.9 Å². The van der Waals surface area contributed by atoms with Crippen molar-refractivity contribution in [3.05, 3.63) is 36.7 Å². The van der Waals surface area contributed by atoms with E-state index in [1.807, 2.05) is 0 Å². The van der Waals surface area contributed by atoms with E-state index in [0.29, 0.717) is 0 Å². The number of fused-ring (bicyclic) bond motifs is 1. The van der Waals surface area contributed by atoms with Crippen molar-refractivity contribution in [2.75, 3.05) is 18.9 Å². The van der Waals surface area contributed by atoms with E-state index in [1.54, 1.807) is 0 Å². The number of hydrogen-bond acceptors (Lipinski definition) is 18. The van der Waals surface area contributed by atoms with Crippen molar-refractivity contribution in [1.29, 1.82) is 0 Å². The third-order valence-electron chi connectivity index (χ3n) is 7.11. The van der Waals surface area contributed by atoms with Crippen molar-refractivity contribution in [2.45, 2.75) is 55.5 Å². The van der Waals surface area contributed by atoms with Gasteiger partial charge in [-0.3, -0.25) is 22.9 Å². The van der Waals surface area contributed by atoms with Crippen molar-refractivity contribution < 1.29 is 106 Å². The standard InChI is InChI=1S/C21H30N7O17P3.2ClH.Mg/c22-17-12-19(25-7-24-17)28(8-26-12)21-16(44-46(33,34)35)14(30)11(43-21)6-41-48(38,39)45-47(36,37)40-5-10-13(29)15(31)20(42-10)27-3-1-2-9(4-27)18(23)32;;;/h1,3-4,7-8,10-11,13-16,20-21,29-31H,2,5-6H2,(H2,23,32)(H,36,37)(H,38,39)(H2,22,24,25)(H2,33,34,35);2*1H;/q;;;+2/p-2/t10-,11-,13-,14-,15-,16-,20-,21-;;;/m1.../s1. The second-order valence-electron chi connectivity index (χ2n) is 10.4. The number of carbonyl (C=O) groups excluding carboxylic acids is 1. The summed E-state index contributed by atoms with van der Waals surface area (Å²) in [6.07, 6.45) is -6.47. The molecule has 3 aliphatic rings. The minimum atomic E-state index is -5.52. The Morgan fingerprint density at radius 2 is 1.51 bits per heavy atom. The predicted octanol–water partition coefficient (Wildman–Crippen LogP) is -8.94. The van der Waals surface area contributed by atoms with Crippen LogP contribution in [0.5, 0.6) is 0 Å². The van der Waals surface area contributed by atoms with Gasteiger partial charge in [-0.05, 0) is 6.42 Å². The predicted molar refractivity (Wildman–Crippen MR) is 159 cm³/mol. The molecular formula is C21H30Cl2MgN7O17P3. The Morgan fingerprint density at radius 3 is 2.10 bits per heavy atom. The number of amides is 1. The van der Waals surface area contributed by atoms with Crippen molar-refractivity contribution in [1.82, 2.24) is 24.4 Å². The number of aliphatic hydroxyl groups is 3. The van der Waals surface area contributed by atoms with Crippen LogP contribution in [0.25, 0.3) is 11.2 Å². The molecule has 11 N–H and O–H groups in total. The van der Waals surface area contributed by atoms with E-state index >= 15 is 0 Å². The Bertz CT molecular complexity index is 1760. The van der Waals surface area contributed by atoms with E-state index in [2.05, 4.69) is 23.8 Å². The molecule has 2 aromatic heterocycles. The first-order chi connectivity index (χ1) is 22.4. The Kier molecular flexibility index (Phi) is 16.0. The number of anilines is 1. The summed E-state index contributed by atoms with van der Waals surface area (Å²) in [5.41, 5.74) is 11.3. The van der Waals surface area contributed by atoms with Gasteiger partial charge in [0.25, 0.3) is 0 Å². The number of phosphoric ester groups is 3. The zero-order chi connectivity index (χ0) is 35.2. The fourth-order valence-corrected chi connectivity index (χ4v) is 7.57. The Hall–Kier alpha value is -1.38. The molecule has 0 radical (unpaired) electrons. The molecular weight excluding hydrogens is 810 g/mol. The van der Waals surface area contributed by atoms with E-state index in [9.17, 15) is 53.4 Å². The molecule has 0 aliphatic carbocycles. The van der Waals surface area contributed by atoms with Crippen LogP contribution in [-0.4, -0.2) is 144 Å². The van der Waals surface area contributed by atoms with Crippen LogP contribution in [0.1, 0.15) is 12.6 Å². The minimum Gasteiger partial charge on any atom is -1.00 e. The third-order valence-corrected chi connectivity index (χ3v) is 10.2. The quantitative estimate of drug-likeness (QED) is 0.0668. The van der Waals surface area contributed by atoms with E-state index in [1.165, 1.54) is 23.4 Å². The first kappa shape index (κ1) is 45.8. The molecule has 2 aromatic rings. The van der Waals surface area contributed by atoms with E-state index in [-0.39, 0.29) is 76.8 Å². The van der Waals surface area contributed by atoms with Crippen LogP contribution < -0.4 is 36.3 Å². The van der Waals surface area contributed by atoms with Crippen molar-refractivity contribution in [3.8, 4) is 0 Å². The maximum Gasteiger partial charge on any atom is 2.00 e. The van der Waals surface area contributed by atoms with Gasteiger partial charge in [-0.1, -0.05) is 6.08 Å². The summed E-state index contributed by atoms with van der Waals surface area (Å²) in [5, 5.41) is 31.5. The summed E-state index contributed by atoms with van der Waals surface area (Å²) < 4.78 is 67.2. The average molecular weight is 841 g/mol. The number of nitrogens with two attached hydrogens (primary N) is 2. The zero-order valence-electron chi connectivity index (χ0n) is 25.5. The maximum atomic E-state index is 12.6. The number of aliphatic hydroxyl groups excluding tert-OH is 3. The normalized spacial score (nSPS) is 30.0. The Balaban J connectivity index is 0.00000300. The minimum absolute atomic E-state index is 0. The summed E-state index contributed by atoms with van der Waals surface area (Å²) in [6, 6.07) is 0. The number of nitrogen functional groups attached to an aromatic ring is 1. The van der Waals surface area contributed by atoms with Gasteiger partial charge >= 0.3 is 46.5 Å². The topological polar surface area (TPSA) is 364 Å². The molecule has 0 aromatic carbocycles. The summed E-state index contributed by atoms with van der Waals surface area (Å²) in [7, 11) is -16.3. The molecule has 24 nitrogen and oxygen atoms in total. The van der Waals surface area contributed by atoms with Crippen molar-refractivity contribution >= 4 is 69.4 Å². The summed E-state index contributed by atoms with van der Waals surface area (Å²) in [5.74, 6) is -0.791. The second kappa shape index (κ2) is 17.8. The van der Waals surface area contributed by atoms with Crippen LogP contribution in [0, 0.1) is 0 Å². The maximum absolute atomic E-state index is 12.6. The number of allylic oxidation sites excluding steroid dienone is 1. The number of halogens is 2. The molecule has 3 aliphatic heterocycles. The zero-order valence-corrected chi connectivity index (χ0v) is 31.1. The molecule has 0 saturated carbocycles. The van der Waals surface area contributed by atoms with E-state index in [0.717, 1.165) is 17.2 Å². The number of rotatable bonds is 13. The molecule has 5 rings (SSSR count). The fraction of sp³-hybridized carbons (Fsp3) is 0.524. The molecule has 0 bridgehead atoms. The molecule has 51 heavy (non-hydrogen) atoms. The third kappa shape index (κ3) is 10.9. The van der Waals surface area contributed by atoms with Crippen molar-refractivity contribution in [3.63, 3.8) is 0 Å². The molecule has 2 fully saturated rings. The molecule has 2 saturated heterocycles. The van der Waals surface area contributed by atoms with Gasteiger partial charge in [0.05, 0.1) is 19.5 Å². The number of imidazole rings is 1. The number of aromatic nitrogens is 4. The first-order valence-electron chi connectivity index (χ1n) is 13.5. The average Bonchev–Trinajstić information content (AvgIpc) is 3.64. The van der Waals surface area contributed by atoms with Gasteiger partial charge in [0, 0.05) is 18.0 Å². The number of hydrogen-bond donors (Lipinski definition) is 9. The molecule has 0 spiro atoms. The van der Waals surface area contributed by atoms with Crippen LogP contribution in [0.2, 0.25) is 0 Å². The first-order valence-corrected chi connectivity index (χ1v) is 18.0. The van der Waals surface area contributed by atoms with Gasteiger partial charge in [-0.15, -0.1) is 0 Å². The number of nitrogens with zero attached hydrogens (tertiary/aromatic N) is 5. The molecule has 30 heteroatoms. The van der Waals surface area contributed by atoms with Crippen LogP contribution in [-0.2, 0) is 45.8 Å². The Morgan fingerprint density at radius 1 is 0.922 bits per heavy atom. The SMILES string of the molecule is NC(=O)C1=CN([C@@H]2O[C@H](COP(=O)(O)OP(=O)(O)OC[C@H]3O[C@@H](n4cnc5c(N)ncnc54)[C@H](OP(=O)(O)O)[C@@H]3O)[C@@H](O)[C@H]2O)C=CC1.[Cl-].[Cl-].[Mg+2]. The number of phosphoric acid groups is 3. The number of carbonyl (C=O) groups is 1. The van der Waals surface area contributed by atoms with E-state index < -0.39 is 91.7 Å². The van der Waals surface area contributed by atoms with Crippen LogP contribution in [0.3, 0.4) is 0 Å². The molecule has 282 valence electrons.